The highest BCUT2D eigenvalue weighted by Gasteiger charge is 2.32. The third-order valence-electron chi connectivity index (χ3n) is 8.25. The first-order valence-corrected chi connectivity index (χ1v) is 17.0. The molecule has 0 saturated heterocycles. The number of benzene rings is 4. The molecular weight excluding hydrogens is 663 g/mol. The topological polar surface area (TPSA) is 77.6 Å². The van der Waals surface area contributed by atoms with Crippen molar-refractivity contribution in [2.75, 3.05) is 11.9 Å². The van der Waals surface area contributed by atoms with Crippen LogP contribution in [0.1, 0.15) is 36.6 Å². The lowest BCUT2D eigenvalue weighted by molar-refractivity contribution is -0.113. The van der Waals surface area contributed by atoms with Crippen LogP contribution in [0.2, 0.25) is 10.0 Å². The van der Waals surface area contributed by atoms with Gasteiger partial charge in [-0.25, -0.2) is 4.99 Å². The predicted octanol–water partition coefficient (Wildman–Crippen LogP) is 7.58. The molecule has 240 valence electrons. The number of para-hydroxylation sites is 2. The van der Waals surface area contributed by atoms with Crippen molar-refractivity contribution in [3.05, 3.63) is 161 Å². The molecule has 0 spiro atoms. The van der Waals surface area contributed by atoms with Crippen molar-refractivity contribution in [1.82, 2.24) is 9.13 Å². The Hall–Kier alpha value is -4.89. The zero-order valence-electron chi connectivity index (χ0n) is 26.1. The molecule has 1 amide bonds. The monoisotopic (exact) mass is 692 g/mol. The van der Waals surface area contributed by atoms with Gasteiger partial charge in [0.1, 0.15) is 5.75 Å². The molecule has 2 aromatic heterocycles. The lowest BCUT2D eigenvalue weighted by Crippen LogP contribution is -2.40. The Labute approximate surface area is 290 Å². The number of ether oxygens (including phenoxy) is 1. The number of aromatic nitrogens is 2. The first-order chi connectivity index (χ1) is 23.3. The van der Waals surface area contributed by atoms with Gasteiger partial charge < -0.3 is 14.6 Å². The molecule has 0 saturated carbocycles. The number of amides is 1. The van der Waals surface area contributed by atoms with E-state index in [4.69, 9.17) is 32.9 Å². The second-order valence-corrected chi connectivity index (χ2v) is 13.2. The minimum Gasteiger partial charge on any atom is -0.494 e. The molecule has 6 aromatic rings. The summed E-state index contributed by atoms with van der Waals surface area (Å²) in [5, 5.41) is 5.01. The lowest BCUT2D eigenvalue weighted by atomic mass is 9.95. The van der Waals surface area contributed by atoms with E-state index in [2.05, 4.69) is 16.0 Å². The molecule has 1 atom stereocenters. The number of nitrogens with zero attached hydrogens (tertiary/aromatic N) is 3. The van der Waals surface area contributed by atoms with Gasteiger partial charge in [-0.3, -0.25) is 14.2 Å². The smallest absolute Gasteiger partial charge is 0.271 e. The molecular formula is C38H30Cl2N4O3S. The highest BCUT2D eigenvalue weighted by atomic mass is 35.5. The minimum atomic E-state index is -0.696. The number of rotatable bonds is 8. The maximum absolute atomic E-state index is 14.4. The maximum Gasteiger partial charge on any atom is 0.271 e. The van der Waals surface area contributed by atoms with E-state index in [1.54, 1.807) is 10.6 Å². The Morgan fingerprint density at radius 1 is 0.979 bits per heavy atom. The van der Waals surface area contributed by atoms with E-state index in [1.165, 1.54) is 11.3 Å². The molecule has 0 bridgehead atoms. The van der Waals surface area contributed by atoms with Crippen LogP contribution in [-0.4, -0.2) is 21.6 Å². The first kappa shape index (κ1) is 31.7. The molecule has 0 unspecified atom stereocenters. The number of carbonyl (C=O) groups is 1. The summed E-state index contributed by atoms with van der Waals surface area (Å²) in [6.45, 7) is 4.84. The Balaban J connectivity index is 1.34. The van der Waals surface area contributed by atoms with Crippen LogP contribution in [0.25, 0.3) is 17.0 Å². The second kappa shape index (κ2) is 13.3. The van der Waals surface area contributed by atoms with Gasteiger partial charge >= 0.3 is 0 Å². The van der Waals surface area contributed by atoms with Gasteiger partial charge in [-0.1, -0.05) is 89.1 Å². The number of hydrogen-bond acceptors (Lipinski definition) is 5. The van der Waals surface area contributed by atoms with Crippen molar-refractivity contribution >= 4 is 63.1 Å². The summed E-state index contributed by atoms with van der Waals surface area (Å²) in [6.07, 6.45) is 3.95. The molecule has 1 aliphatic heterocycles. The molecule has 10 heteroatoms. The quantitative estimate of drug-likeness (QED) is 0.179. The van der Waals surface area contributed by atoms with E-state index >= 15 is 0 Å². The molecule has 1 aliphatic rings. The van der Waals surface area contributed by atoms with Crippen molar-refractivity contribution in [2.24, 2.45) is 4.99 Å². The van der Waals surface area contributed by atoms with Crippen molar-refractivity contribution < 1.29 is 9.53 Å². The Morgan fingerprint density at radius 3 is 2.48 bits per heavy atom. The summed E-state index contributed by atoms with van der Waals surface area (Å²) in [5.41, 5.74) is 5.07. The van der Waals surface area contributed by atoms with Crippen molar-refractivity contribution in [2.45, 2.75) is 26.4 Å². The summed E-state index contributed by atoms with van der Waals surface area (Å²) in [4.78, 5) is 33.6. The van der Waals surface area contributed by atoms with Crippen LogP contribution in [0.3, 0.4) is 0 Å². The van der Waals surface area contributed by atoms with Crippen LogP contribution in [0.5, 0.6) is 5.75 Å². The molecule has 0 radical (unpaired) electrons. The molecule has 0 fully saturated rings. The highest BCUT2D eigenvalue weighted by Crippen LogP contribution is 2.32. The first-order valence-electron chi connectivity index (χ1n) is 15.4. The van der Waals surface area contributed by atoms with E-state index in [-0.39, 0.29) is 11.5 Å². The van der Waals surface area contributed by atoms with Gasteiger partial charge in [-0.2, -0.15) is 0 Å². The van der Waals surface area contributed by atoms with E-state index < -0.39 is 6.04 Å². The molecule has 7 nitrogen and oxygen atoms in total. The fourth-order valence-corrected chi connectivity index (χ4v) is 7.42. The minimum absolute atomic E-state index is 0.225. The molecule has 7 rings (SSSR count). The van der Waals surface area contributed by atoms with Crippen LogP contribution in [0.4, 0.5) is 5.69 Å². The summed E-state index contributed by atoms with van der Waals surface area (Å²) < 4.78 is 9.96. The number of nitrogens with one attached hydrogen (secondary N) is 1. The van der Waals surface area contributed by atoms with Gasteiger partial charge in [-0.05, 0) is 73.5 Å². The number of allylic oxidation sites excluding steroid dienone is 1. The van der Waals surface area contributed by atoms with Crippen molar-refractivity contribution in [3.8, 4) is 5.75 Å². The van der Waals surface area contributed by atoms with Crippen molar-refractivity contribution in [1.29, 1.82) is 0 Å². The molecule has 48 heavy (non-hydrogen) atoms. The van der Waals surface area contributed by atoms with Gasteiger partial charge in [0.05, 0.1) is 38.5 Å². The van der Waals surface area contributed by atoms with Gasteiger partial charge in [0, 0.05) is 34.9 Å². The van der Waals surface area contributed by atoms with Crippen LogP contribution in [0.15, 0.2) is 124 Å². The Kier molecular flexibility index (Phi) is 8.79. The van der Waals surface area contributed by atoms with Crippen LogP contribution in [0, 0.1) is 0 Å². The fourth-order valence-electron chi connectivity index (χ4n) is 6.06. The third-order valence-corrected chi connectivity index (χ3v) is 9.97. The average Bonchev–Trinajstić information content (AvgIpc) is 3.59. The summed E-state index contributed by atoms with van der Waals surface area (Å²) in [5.74, 6) is 0.392. The normalized spacial score (nSPS) is 14.6. The predicted molar refractivity (Wildman–Crippen MR) is 194 cm³/mol. The lowest BCUT2D eigenvalue weighted by Gasteiger charge is -2.25. The number of thiazole rings is 1. The van der Waals surface area contributed by atoms with Crippen LogP contribution < -0.4 is 24.9 Å². The van der Waals surface area contributed by atoms with E-state index in [9.17, 15) is 9.59 Å². The number of fused-ring (bicyclic) bond motifs is 2. The Bertz CT molecular complexity index is 2390. The fraction of sp³-hybridized carbons (Fsp3) is 0.132. The standard InChI is InChI=1S/C38H30Cl2N4O3S/c1-3-47-28-16-14-25(15-17-28)35-34(36(45)42-27-9-5-4-6-10-27)23(2)41-38-44(35)37(46)33(48-38)20-26-22-43(32-12-8-7-11-29(26)32)21-24-13-18-30(39)31(40)19-24/h4-20,22,35H,3,21H2,1-2H3,(H,42,45)/b33-20+/t35-/m0/s1. The summed E-state index contributed by atoms with van der Waals surface area (Å²) in [6, 6.07) is 29.8. The van der Waals surface area contributed by atoms with E-state index in [0.717, 1.165) is 27.6 Å². The van der Waals surface area contributed by atoms with Gasteiger partial charge in [0.25, 0.3) is 11.5 Å². The maximum atomic E-state index is 14.4. The molecule has 1 N–H and O–H groups in total. The van der Waals surface area contributed by atoms with Crippen LogP contribution in [-0.2, 0) is 11.3 Å². The number of anilines is 1. The van der Waals surface area contributed by atoms with E-state index in [1.807, 2.05) is 111 Å². The number of hydrogen-bond donors (Lipinski definition) is 1. The molecule has 0 aliphatic carbocycles. The average molecular weight is 694 g/mol. The largest absolute Gasteiger partial charge is 0.494 e. The third kappa shape index (κ3) is 6.10. The van der Waals surface area contributed by atoms with Crippen molar-refractivity contribution in [3.63, 3.8) is 0 Å². The molecule has 3 heterocycles. The van der Waals surface area contributed by atoms with Gasteiger partial charge in [0.2, 0.25) is 0 Å². The molecule has 4 aromatic carbocycles. The Morgan fingerprint density at radius 2 is 1.73 bits per heavy atom. The summed E-state index contributed by atoms with van der Waals surface area (Å²) in [7, 11) is 0. The summed E-state index contributed by atoms with van der Waals surface area (Å²) >= 11 is 13.8. The SMILES string of the molecule is CCOc1ccc([C@H]2C(C(=O)Nc3ccccc3)=C(C)N=c3s/c(=C/c4cn(Cc5ccc(Cl)c(Cl)c5)c5ccccc45)c(=O)n32)cc1. The van der Waals surface area contributed by atoms with Crippen LogP contribution >= 0.6 is 34.5 Å². The number of carbonyl (C=O) groups excluding carboxylic acids is 1. The van der Waals surface area contributed by atoms with E-state index in [0.29, 0.717) is 55.2 Å². The zero-order chi connectivity index (χ0) is 33.4. The van der Waals surface area contributed by atoms with Gasteiger partial charge in [-0.15, -0.1) is 0 Å². The second-order valence-electron chi connectivity index (χ2n) is 11.4. The highest BCUT2D eigenvalue weighted by molar-refractivity contribution is 7.07. The number of halogens is 2. The van der Waals surface area contributed by atoms with Gasteiger partial charge in [0.15, 0.2) is 4.80 Å². The zero-order valence-corrected chi connectivity index (χ0v) is 28.4.